The van der Waals surface area contributed by atoms with E-state index >= 15 is 0 Å². The van der Waals surface area contributed by atoms with E-state index in [0.717, 1.165) is 11.0 Å². The molecule has 0 radical (unpaired) electrons. The highest BCUT2D eigenvalue weighted by Crippen LogP contribution is 2.23. The molecule has 0 amide bonds. The molecule has 0 aliphatic carbocycles. The molecule has 2 heterocycles. The molecule has 0 spiro atoms. The molecule has 2 aromatic heterocycles. The van der Waals surface area contributed by atoms with E-state index in [0.29, 0.717) is 0 Å². The summed E-state index contributed by atoms with van der Waals surface area (Å²) < 4.78 is 0. The van der Waals surface area contributed by atoms with Crippen LogP contribution in [0.25, 0.3) is 43.4 Å². The van der Waals surface area contributed by atoms with Gasteiger partial charge >= 0.3 is 0 Å². The molecular formula is C26H18N2. The van der Waals surface area contributed by atoms with Crippen LogP contribution in [0.5, 0.6) is 0 Å². The van der Waals surface area contributed by atoms with E-state index in [4.69, 9.17) is 0 Å². The molecule has 4 aromatic carbocycles. The average Bonchev–Trinajstić information content (AvgIpc) is 2.78. The van der Waals surface area contributed by atoms with Crippen molar-refractivity contribution in [3.05, 3.63) is 109 Å². The van der Waals surface area contributed by atoms with Gasteiger partial charge in [-0.05, 0) is 40.4 Å². The Labute approximate surface area is 163 Å². The minimum atomic E-state index is 1.06. The fraction of sp³-hybridized carbons (Fsp3) is 0. The summed E-state index contributed by atoms with van der Waals surface area (Å²) in [4.78, 5) is 8.74. The first-order valence-electron chi connectivity index (χ1n) is 9.34. The van der Waals surface area contributed by atoms with Crippen molar-refractivity contribution in [3.8, 4) is 0 Å². The van der Waals surface area contributed by atoms with Crippen LogP contribution in [0.3, 0.4) is 0 Å². The Morgan fingerprint density at radius 3 is 1.75 bits per heavy atom. The standard InChI is InChI=1S/2C13H9N/c1-3-7-12-10(5-1)9-11-6-2-4-8-13(11)14-12;1-2-4-12-10(3-1)5-6-11-7-8-14-9-13(11)12/h2*1-9H. The van der Waals surface area contributed by atoms with E-state index in [1.54, 1.807) is 0 Å². The molecular weight excluding hydrogens is 340 g/mol. The van der Waals surface area contributed by atoms with E-state index in [2.05, 4.69) is 64.6 Å². The third kappa shape index (κ3) is 3.06. The quantitative estimate of drug-likeness (QED) is 0.221. The molecule has 2 nitrogen and oxygen atoms in total. The summed E-state index contributed by atoms with van der Waals surface area (Å²) in [5, 5.41) is 7.42. The lowest BCUT2D eigenvalue weighted by Gasteiger charge is -2.01. The minimum Gasteiger partial charge on any atom is -0.264 e. The molecule has 0 unspecified atom stereocenters. The Hall–Kier alpha value is -3.78. The lowest BCUT2D eigenvalue weighted by molar-refractivity contribution is 1.37. The van der Waals surface area contributed by atoms with Gasteiger partial charge in [0.15, 0.2) is 0 Å². The zero-order valence-electron chi connectivity index (χ0n) is 15.3. The zero-order chi connectivity index (χ0) is 18.8. The van der Waals surface area contributed by atoms with Crippen molar-refractivity contribution >= 4 is 43.4 Å². The molecule has 2 heteroatoms. The number of pyridine rings is 2. The number of fused-ring (bicyclic) bond motifs is 5. The molecule has 0 aliphatic rings. The number of hydrogen-bond donors (Lipinski definition) is 0. The lowest BCUT2D eigenvalue weighted by atomic mass is 10.0. The summed E-state index contributed by atoms with van der Waals surface area (Å²) in [5.41, 5.74) is 2.12. The summed E-state index contributed by atoms with van der Waals surface area (Å²) >= 11 is 0. The van der Waals surface area contributed by atoms with E-state index in [-0.39, 0.29) is 0 Å². The number of aromatic nitrogens is 2. The molecule has 0 aliphatic heterocycles. The molecule has 0 fully saturated rings. The highest BCUT2D eigenvalue weighted by Gasteiger charge is 1.98. The van der Waals surface area contributed by atoms with Crippen LogP contribution >= 0.6 is 0 Å². The van der Waals surface area contributed by atoms with Gasteiger partial charge in [0.1, 0.15) is 0 Å². The number of para-hydroxylation sites is 2. The van der Waals surface area contributed by atoms with Gasteiger partial charge in [0.2, 0.25) is 0 Å². The van der Waals surface area contributed by atoms with Crippen LogP contribution in [0.15, 0.2) is 109 Å². The van der Waals surface area contributed by atoms with Crippen molar-refractivity contribution < 1.29 is 0 Å². The fourth-order valence-electron chi connectivity index (χ4n) is 3.56. The molecule has 0 N–H and O–H groups in total. The lowest BCUT2D eigenvalue weighted by Crippen LogP contribution is -1.80. The Morgan fingerprint density at radius 1 is 0.464 bits per heavy atom. The van der Waals surface area contributed by atoms with Gasteiger partial charge in [-0.25, -0.2) is 4.98 Å². The molecule has 6 rings (SSSR count). The second-order valence-electron chi connectivity index (χ2n) is 6.76. The summed E-state index contributed by atoms with van der Waals surface area (Å²) in [6.07, 6.45) is 3.76. The molecule has 0 saturated heterocycles. The Morgan fingerprint density at radius 2 is 1.04 bits per heavy atom. The van der Waals surface area contributed by atoms with Crippen molar-refractivity contribution in [2.75, 3.05) is 0 Å². The third-order valence-corrected chi connectivity index (χ3v) is 4.97. The number of hydrogen-bond acceptors (Lipinski definition) is 2. The predicted octanol–water partition coefficient (Wildman–Crippen LogP) is 6.78. The van der Waals surface area contributed by atoms with Crippen molar-refractivity contribution in [1.82, 2.24) is 9.97 Å². The maximum Gasteiger partial charge on any atom is 0.0709 e. The van der Waals surface area contributed by atoms with Gasteiger partial charge in [0, 0.05) is 28.6 Å². The van der Waals surface area contributed by atoms with Gasteiger partial charge in [-0.3, -0.25) is 4.98 Å². The minimum absolute atomic E-state index is 1.06. The second kappa shape index (κ2) is 7.09. The fourth-order valence-corrected chi connectivity index (χ4v) is 3.56. The predicted molar refractivity (Wildman–Crippen MR) is 118 cm³/mol. The number of rotatable bonds is 0. The van der Waals surface area contributed by atoms with Gasteiger partial charge in [-0.1, -0.05) is 72.8 Å². The molecule has 132 valence electrons. The highest BCUT2D eigenvalue weighted by molar-refractivity contribution is 6.06. The first kappa shape index (κ1) is 16.4. The van der Waals surface area contributed by atoms with Crippen LogP contribution in [-0.2, 0) is 0 Å². The van der Waals surface area contributed by atoms with Crippen LogP contribution in [0, 0.1) is 0 Å². The normalized spacial score (nSPS) is 10.9. The van der Waals surface area contributed by atoms with E-state index < -0.39 is 0 Å². The first-order valence-corrected chi connectivity index (χ1v) is 9.34. The van der Waals surface area contributed by atoms with Crippen LogP contribution < -0.4 is 0 Å². The highest BCUT2D eigenvalue weighted by atomic mass is 14.7. The van der Waals surface area contributed by atoms with Crippen LogP contribution in [0.2, 0.25) is 0 Å². The zero-order valence-corrected chi connectivity index (χ0v) is 15.3. The Bertz CT molecular complexity index is 1240. The summed E-state index contributed by atoms with van der Waals surface area (Å²) in [6.45, 7) is 0. The van der Waals surface area contributed by atoms with Gasteiger partial charge in [0.25, 0.3) is 0 Å². The smallest absolute Gasteiger partial charge is 0.0709 e. The van der Waals surface area contributed by atoms with E-state index in [1.165, 1.54) is 32.3 Å². The molecule has 0 bridgehead atoms. The molecule has 28 heavy (non-hydrogen) atoms. The Balaban J connectivity index is 0.000000122. The van der Waals surface area contributed by atoms with Gasteiger partial charge in [-0.2, -0.15) is 0 Å². The monoisotopic (exact) mass is 358 g/mol. The molecule has 6 aromatic rings. The van der Waals surface area contributed by atoms with Crippen molar-refractivity contribution in [1.29, 1.82) is 0 Å². The SMILES string of the molecule is c1ccc2c(c1)ccc1ccncc12.c1ccc2nc3ccccc3cc2c1. The van der Waals surface area contributed by atoms with E-state index in [9.17, 15) is 0 Å². The number of nitrogens with zero attached hydrogens (tertiary/aromatic N) is 2. The maximum absolute atomic E-state index is 4.58. The maximum atomic E-state index is 4.58. The van der Waals surface area contributed by atoms with Gasteiger partial charge in [-0.15, -0.1) is 0 Å². The largest absolute Gasteiger partial charge is 0.264 e. The summed E-state index contributed by atoms with van der Waals surface area (Å²) in [6, 6.07) is 33.3. The van der Waals surface area contributed by atoms with Crippen LogP contribution in [0.1, 0.15) is 0 Å². The molecule has 0 atom stereocenters. The van der Waals surface area contributed by atoms with Gasteiger partial charge < -0.3 is 0 Å². The third-order valence-electron chi connectivity index (χ3n) is 4.97. The topological polar surface area (TPSA) is 25.8 Å². The Kier molecular flexibility index (Phi) is 4.15. The average molecular weight is 358 g/mol. The van der Waals surface area contributed by atoms with Gasteiger partial charge in [0.05, 0.1) is 11.0 Å². The van der Waals surface area contributed by atoms with Crippen molar-refractivity contribution in [2.24, 2.45) is 0 Å². The van der Waals surface area contributed by atoms with Crippen molar-refractivity contribution in [3.63, 3.8) is 0 Å². The van der Waals surface area contributed by atoms with Crippen molar-refractivity contribution in [2.45, 2.75) is 0 Å². The number of benzene rings is 4. The van der Waals surface area contributed by atoms with Crippen LogP contribution in [-0.4, -0.2) is 9.97 Å². The summed E-state index contributed by atoms with van der Waals surface area (Å²) in [7, 11) is 0. The first-order chi connectivity index (χ1) is 13.9. The van der Waals surface area contributed by atoms with Crippen LogP contribution in [0.4, 0.5) is 0 Å². The summed E-state index contributed by atoms with van der Waals surface area (Å²) in [5.74, 6) is 0. The second-order valence-corrected chi connectivity index (χ2v) is 6.76. The van der Waals surface area contributed by atoms with E-state index in [1.807, 2.05) is 54.9 Å². The molecule has 0 saturated carbocycles.